The third-order valence-electron chi connectivity index (χ3n) is 3.84. The summed E-state index contributed by atoms with van der Waals surface area (Å²) in [4.78, 5) is 11.2. The van der Waals surface area contributed by atoms with Gasteiger partial charge in [-0.05, 0) is 24.6 Å². The van der Waals surface area contributed by atoms with E-state index in [0.717, 1.165) is 30.8 Å². The minimum atomic E-state index is -1.65. The SMILES string of the molecule is C=CC[C@@H](O[Si](CC)(CC)CC)C(C)(C)C=O. The number of rotatable bonds is 9. The Kier molecular flexibility index (Phi) is 6.94. The maximum absolute atomic E-state index is 11.2. The molecule has 0 saturated heterocycles. The molecule has 3 heteroatoms. The number of carbonyl (C=O) groups excluding carboxylic acids is 1. The van der Waals surface area contributed by atoms with Gasteiger partial charge in [-0.3, -0.25) is 0 Å². The topological polar surface area (TPSA) is 26.3 Å². The third kappa shape index (κ3) is 4.40. The summed E-state index contributed by atoms with van der Waals surface area (Å²) in [6.07, 6.45) is 3.60. The van der Waals surface area contributed by atoms with E-state index in [1.165, 1.54) is 0 Å². The van der Waals surface area contributed by atoms with Crippen molar-refractivity contribution < 1.29 is 9.22 Å². The van der Waals surface area contributed by atoms with Gasteiger partial charge in [0, 0.05) is 5.41 Å². The van der Waals surface area contributed by atoms with Gasteiger partial charge in [0.1, 0.15) is 6.29 Å². The molecule has 17 heavy (non-hydrogen) atoms. The van der Waals surface area contributed by atoms with Gasteiger partial charge in [0.15, 0.2) is 8.32 Å². The molecule has 0 fully saturated rings. The number of hydrogen-bond donors (Lipinski definition) is 0. The van der Waals surface area contributed by atoms with Crippen molar-refractivity contribution in [3.63, 3.8) is 0 Å². The van der Waals surface area contributed by atoms with Crippen LogP contribution in [0.5, 0.6) is 0 Å². The first kappa shape index (κ1) is 16.6. The summed E-state index contributed by atoms with van der Waals surface area (Å²) >= 11 is 0. The highest BCUT2D eigenvalue weighted by molar-refractivity contribution is 6.73. The maximum Gasteiger partial charge on any atom is 0.192 e. The van der Waals surface area contributed by atoms with Crippen molar-refractivity contribution in [1.29, 1.82) is 0 Å². The molecule has 0 N–H and O–H groups in total. The summed E-state index contributed by atoms with van der Waals surface area (Å²) in [5, 5.41) is 0. The molecule has 0 aliphatic heterocycles. The zero-order valence-corrected chi connectivity index (χ0v) is 13.1. The first-order chi connectivity index (χ1) is 7.91. The third-order valence-corrected chi connectivity index (χ3v) is 8.49. The summed E-state index contributed by atoms with van der Waals surface area (Å²) in [5.74, 6) is 0. The molecular formula is C14H28O2Si. The van der Waals surface area contributed by atoms with E-state index < -0.39 is 13.7 Å². The van der Waals surface area contributed by atoms with E-state index in [1.54, 1.807) is 0 Å². The monoisotopic (exact) mass is 256 g/mol. The van der Waals surface area contributed by atoms with Crippen molar-refractivity contribution in [2.45, 2.75) is 65.3 Å². The number of carbonyl (C=O) groups is 1. The molecular weight excluding hydrogens is 228 g/mol. The van der Waals surface area contributed by atoms with Crippen LogP contribution in [0, 0.1) is 5.41 Å². The lowest BCUT2D eigenvalue weighted by Crippen LogP contribution is -2.45. The van der Waals surface area contributed by atoms with E-state index >= 15 is 0 Å². The highest BCUT2D eigenvalue weighted by Gasteiger charge is 2.37. The van der Waals surface area contributed by atoms with Gasteiger partial charge in [0.25, 0.3) is 0 Å². The molecule has 0 bridgehead atoms. The van der Waals surface area contributed by atoms with Crippen LogP contribution in [0.15, 0.2) is 12.7 Å². The maximum atomic E-state index is 11.2. The molecule has 0 aromatic carbocycles. The van der Waals surface area contributed by atoms with E-state index in [-0.39, 0.29) is 6.10 Å². The fourth-order valence-corrected chi connectivity index (χ4v) is 5.04. The fraction of sp³-hybridized carbons (Fsp3) is 0.786. The van der Waals surface area contributed by atoms with Gasteiger partial charge >= 0.3 is 0 Å². The first-order valence-electron chi connectivity index (χ1n) is 6.66. The molecule has 0 aromatic heterocycles. The van der Waals surface area contributed by atoms with Gasteiger partial charge in [0.2, 0.25) is 0 Å². The number of hydrogen-bond acceptors (Lipinski definition) is 2. The van der Waals surface area contributed by atoms with Gasteiger partial charge in [-0.15, -0.1) is 6.58 Å². The molecule has 0 aliphatic carbocycles. The van der Waals surface area contributed by atoms with Crippen LogP contribution in [0.3, 0.4) is 0 Å². The molecule has 0 radical (unpaired) electrons. The van der Waals surface area contributed by atoms with Crippen LogP contribution in [0.4, 0.5) is 0 Å². The Morgan fingerprint density at radius 3 is 2.00 bits per heavy atom. The van der Waals surface area contributed by atoms with Gasteiger partial charge < -0.3 is 9.22 Å². The van der Waals surface area contributed by atoms with Crippen molar-refractivity contribution in [3.8, 4) is 0 Å². The smallest absolute Gasteiger partial charge is 0.192 e. The highest BCUT2D eigenvalue weighted by Crippen LogP contribution is 2.31. The summed E-state index contributed by atoms with van der Waals surface area (Å²) < 4.78 is 6.42. The van der Waals surface area contributed by atoms with Crippen LogP contribution in [0.1, 0.15) is 41.0 Å². The molecule has 0 rings (SSSR count). The standard InChI is InChI=1S/C14H28O2Si/c1-7-11-13(14(5,6)12-15)16-17(8-2,9-3)10-4/h7,12-13H,1,8-11H2,2-6H3/t13-/m1/s1. The molecule has 0 unspecified atom stereocenters. The van der Waals surface area contributed by atoms with Crippen LogP contribution in [-0.4, -0.2) is 20.7 Å². The summed E-state index contributed by atoms with van der Waals surface area (Å²) in [6, 6.07) is 3.34. The zero-order chi connectivity index (χ0) is 13.5. The molecule has 0 aliphatic rings. The van der Waals surface area contributed by atoms with E-state index in [4.69, 9.17) is 4.43 Å². The Hall–Kier alpha value is -0.413. The molecule has 1 atom stereocenters. The quantitative estimate of drug-likeness (QED) is 0.351. The minimum absolute atomic E-state index is 0.0241. The van der Waals surface area contributed by atoms with Crippen molar-refractivity contribution in [1.82, 2.24) is 0 Å². The first-order valence-corrected chi connectivity index (χ1v) is 9.19. The van der Waals surface area contributed by atoms with Crippen LogP contribution < -0.4 is 0 Å². The Labute approximate surface area is 108 Å². The normalized spacial score (nSPS) is 14.4. The largest absolute Gasteiger partial charge is 0.413 e. The van der Waals surface area contributed by atoms with Crippen molar-refractivity contribution in [2.24, 2.45) is 5.41 Å². The summed E-state index contributed by atoms with van der Waals surface area (Å²) in [6.45, 7) is 14.3. The molecule has 0 aromatic rings. The van der Waals surface area contributed by atoms with E-state index in [9.17, 15) is 4.79 Å². The lowest BCUT2D eigenvalue weighted by molar-refractivity contribution is -0.119. The average molecular weight is 256 g/mol. The Bertz CT molecular complexity index is 236. The molecule has 2 nitrogen and oxygen atoms in total. The molecule has 0 spiro atoms. The van der Waals surface area contributed by atoms with Crippen LogP contribution in [0.25, 0.3) is 0 Å². The van der Waals surface area contributed by atoms with Gasteiger partial charge in [-0.2, -0.15) is 0 Å². The van der Waals surface area contributed by atoms with Gasteiger partial charge in [0.05, 0.1) is 6.10 Å². The van der Waals surface area contributed by atoms with Crippen molar-refractivity contribution in [3.05, 3.63) is 12.7 Å². The van der Waals surface area contributed by atoms with Gasteiger partial charge in [-0.25, -0.2) is 0 Å². The van der Waals surface area contributed by atoms with E-state index in [0.29, 0.717) is 0 Å². The van der Waals surface area contributed by atoms with Crippen LogP contribution in [-0.2, 0) is 9.22 Å². The number of aldehydes is 1. The molecule has 0 heterocycles. The Balaban J connectivity index is 4.96. The molecule has 0 amide bonds. The van der Waals surface area contributed by atoms with Crippen LogP contribution >= 0.6 is 0 Å². The van der Waals surface area contributed by atoms with Crippen molar-refractivity contribution >= 4 is 14.6 Å². The summed E-state index contributed by atoms with van der Waals surface area (Å²) in [7, 11) is -1.65. The minimum Gasteiger partial charge on any atom is -0.413 e. The second kappa shape index (κ2) is 7.12. The van der Waals surface area contributed by atoms with E-state index in [2.05, 4.69) is 27.4 Å². The molecule has 0 saturated carbocycles. The Morgan fingerprint density at radius 2 is 1.71 bits per heavy atom. The highest BCUT2D eigenvalue weighted by atomic mass is 28.4. The van der Waals surface area contributed by atoms with Gasteiger partial charge in [-0.1, -0.05) is 40.7 Å². The fourth-order valence-electron chi connectivity index (χ4n) is 2.03. The van der Waals surface area contributed by atoms with Crippen LogP contribution in [0.2, 0.25) is 18.1 Å². The predicted molar refractivity (Wildman–Crippen MR) is 76.7 cm³/mol. The van der Waals surface area contributed by atoms with Crippen molar-refractivity contribution in [2.75, 3.05) is 0 Å². The second-order valence-corrected chi connectivity index (χ2v) is 10.0. The Morgan fingerprint density at radius 1 is 1.24 bits per heavy atom. The average Bonchev–Trinajstić information content (AvgIpc) is 2.35. The lowest BCUT2D eigenvalue weighted by atomic mass is 9.87. The predicted octanol–water partition coefficient (Wildman–Crippen LogP) is 4.18. The summed E-state index contributed by atoms with van der Waals surface area (Å²) in [5.41, 5.74) is -0.425. The molecule has 100 valence electrons. The second-order valence-electron chi connectivity index (χ2n) is 5.31. The lowest BCUT2D eigenvalue weighted by Gasteiger charge is -2.38. The van der Waals surface area contributed by atoms with E-state index in [1.807, 2.05) is 19.9 Å². The zero-order valence-electron chi connectivity index (χ0n) is 12.1.